The van der Waals surface area contributed by atoms with Gasteiger partial charge in [0.25, 0.3) is 0 Å². The first-order chi connectivity index (χ1) is 13.6. The summed E-state index contributed by atoms with van der Waals surface area (Å²) in [6.07, 6.45) is 1.66. The molecule has 0 unspecified atom stereocenters. The normalized spacial score (nSPS) is 13.0. The van der Waals surface area contributed by atoms with E-state index in [1.165, 1.54) is 16.7 Å². The zero-order chi connectivity index (χ0) is 19.5. The van der Waals surface area contributed by atoms with E-state index in [9.17, 15) is 9.59 Å². The maximum absolute atomic E-state index is 12.7. The van der Waals surface area contributed by atoms with Crippen LogP contribution in [0, 0.1) is 0 Å². The topological polar surface area (TPSA) is 75.2 Å². The van der Waals surface area contributed by atoms with Crippen LogP contribution in [-0.2, 0) is 9.59 Å². The van der Waals surface area contributed by atoms with Gasteiger partial charge < -0.3 is 10.2 Å². The number of anilines is 2. The minimum Gasteiger partial charge on any atom is -0.323 e. The monoisotopic (exact) mass is 410 g/mol. The van der Waals surface area contributed by atoms with Gasteiger partial charge in [-0.3, -0.25) is 9.59 Å². The van der Waals surface area contributed by atoms with Crippen LogP contribution in [0.5, 0.6) is 0 Å². The third-order valence-corrected chi connectivity index (χ3v) is 5.27. The molecule has 0 atom stereocenters. The molecular formula is C20H15ClN4O2S. The standard InChI is InChI=1S/C20H15ClN4O2S/c21-14-7-5-13(6-8-14)15-9-10-22-20(24-15)28-12-19(27)25-11-18(26)23-16-3-1-2-4-17(16)25/h1-10H,11-12H2,(H,23,26). The fourth-order valence-corrected chi connectivity index (χ4v) is 3.68. The van der Waals surface area contributed by atoms with Crippen molar-refractivity contribution in [2.45, 2.75) is 5.16 Å². The number of carbonyl (C=O) groups excluding carboxylic acids is 2. The zero-order valence-electron chi connectivity index (χ0n) is 14.6. The van der Waals surface area contributed by atoms with E-state index in [0.717, 1.165) is 11.3 Å². The number of carbonyl (C=O) groups is 2. The lowest BCUT2D eigenvalue weighted by atomic mass is 10.1. The molecule has 1 aliphatic heterocycles. The molecule has 2 aromatic carbocycles. The summed E-state index contributed by atoms with van der Waals surface area (Å²) in [7, 11) is 0. The maximum Gasteiger partial charge on any atom is 0.244 e. The third kappa shape index (κ3) is 4.00. The predicted molar refractivity (Wildman–Crippen MR) is 111 cm³/mol. The first kappa shape index (κ1) is 18.5. The highest BCUT2D eigenvalue weighted by molar-refractivity contribution is 7.99. The van der Waals surface area contributed by atoms with Gasteiger partial charge in [0.1, 0.15) is 6.54 Å². The van der Waals surface area contributed by atoms with Crippen LogP contribution in [-0.4, -0.2) is 34.1 Å². The van der Waals surface area contributed by atoms with Gasteiger partial charge in [-0.1, -0.05) is 47.6 Å². The minimum absolute atomic E-state index is 0.00206. The molecule has 6 nitrogen and oxygen atoms in total. The van der Waals surface area contributed by atoms with Crippen LogP contribution < -0.4 is 10.2 Å². The van der Waals surface area contributed by atoms with Gasteiger partial charge in [-0.25, -0.2) is 9.97 Å². The van der Waals surface area contributed by atoms with E-state index in [1.807, 2.05) is 30.3 Å². The van der Waals surface area contributed by atoms with Gasteiger partial charge in [0.05, 0.1) is 22.8 Å². The quantitative estimate of drug-likeness (QED) is 0.522. The number of nitrogens with one attached hydrogen (secondary N) is 1. The van der Waals surface area contributed by atoms with Gasteiger partial charge in [-0.15, -0.1) is 0 Å². The van der Waals surface area contributed by atoms with Crippen molar-refractivity contribution in [1.82, 2.24) is 9.97 Å². The molecular weight excluding hydrogens is 396 g/mol. The van der Waals surface area contributed by atoms with Crippen LogP contribution in [0.2, 0.25) is 5.02 Å². The van der Waals surface area contributed by atoms with Crippen LogP contribution in [0.15, 0.2) is 66.0 Å². The van der Waals surface area contributed by atoms with Crippen LogP contribution in [0.4, 0.5) is 11.4 Å². The van der Waals surface area contributed by atoms with Crippen molar-refractivity contribution in [2.75, 3.05) is 22.5 Å². The molecule has 140 valence electrons. The smallest absolute Gasteiger partial charge is 0.244 e. The number of hydrogen-bond acceptors (Lipinski definition) is 5. The molecule has 0 fully saturated rings. The summed E-state index contributed by atoms with van der Waals surface area (Å²) in [5, 5.41) is 3.93. The van der Waals surface area contributed by atoms with Crippen LogP contribution >= 0.6 is 23.4 Å². The Morgan fingerprint density at radius 2 is 1.93 bits per heavy atom. The van der Waals surface area contributed by atoms with Gasteiger partial charge in [0, 0.05) is 16.8 Å². The number of rotatable bonds is 4. The molecule has 8 heteroatoms. The van der Waals surface area contributed by atoms with Gasteiger partial charge >= 0.3 is 0 Å². The highest BCUT2D eigenvalue weighted by atomic mass is 35.5. The Labute approximate surface area is 170 Å². The van der Waals surface area contributed by atoms with Crippen molar-refractivity contribution >= 4 is 46.6 Å². The first-order valence-electron chi connectivity index (χ1n) is 8.51. The van der Waals surface area contributed by atoms with E-state index in [0.29, 0.717) is 21.6 Å². The largest absolute Gasteiger partial charge is 0.323 e. The van der Waals surface area contributed by atoms with Crippen molar-refractivity contribution in [2.24, 2.45) is 0 Å². The Morgan fingerprint density at radius 3 is 2.75 bits per heavy atom. The number of nitrogens with zero attached hydrogens (tertiary/aromatic N) is 3. The van der Waals surface area contributed by atoms with Crippen LogP contribution in [0.3, 0.4) is 0 Å². The number of amides is 2. The average Bonchev–Trinajstić information content (AvgIpc) is 2.72. The molecule has 3 aromatic rings. The molecule has 0 saturated heterocycles. The summed E-state index contributed by atoms with van der Waals surface area (Å²) in [6.45, 7) is 0.00206. The summed E-state index contributed by atoms with van der Waals surface area (Å²) in [4.78, 5) is 34.9. The molecule has 4 rings (SSSR count). The number of para-hydroxylation sites is 2. The molecule has 28 heavy (non-hydrogen) atoms. The number of halogens is 1. The predicted octanol–water partition coefficient (Wildman–Crippen LogP) is 3.87. The Morgan fingerprint density at radius 1 is 1.14 bits per heavy atom. The highest BCUT2D eigenvalue weighted by Crippen LogP contribution is 2.30. The van der Waals surface area contributed by atoms with Crippen molar-refractivity contribution in [1.29, 1.82) is 0 Å². The first-order valence-corrected chi connectivity index (χ1v) is 9.87. The number of benzene rings is 2. The second kappa shape index (κ2) is 8.00. The SMILES string of the molecule is O=C1CN(C(=O)CSc2nccc(-c3ccc(Cl)cc3)n2)c2ccccc2N1. The van der Waals surface area contributed by atoms with E-state index >= 15 is 0 Å². The fourth-order valence-electron chi connectivity index (χ4n) is 2.85. The van der Waals surface area contributed by atoms with E-state index in [2.05, 4.69) is 15.3 Å². The number of thioether (sulfide) groups is 1. The summed E-state index contributed by atoms with van der Waals surface area (Å²) in [5.74, 6) is -0.253. The molecule has 2 heterocycles. The van der Waals surface area contributed by atoms with Crippen LogP contribution in [0.1, 0.15) is 0 Å². The molecule has 1 N–H and O–H groups in total. The molecule has 0 saturated carbocycles. The summed E-state index contributed by atoms with van der Waals surface area (Å²) in [5.41, 5.74) is 3.01. The molecule has 1 aliphatic rings. The summed E-state index contributed by atoms with van der Waals surface area (Å²) < 4.78 is 0. The summed E-state index contributed by atoms with van der Waals surface area (Å²) in [6, 6.07) is 16.4. The second-order valence-electron chi connectivity index (χ2n) is 6.07. The minimum atomic E-state index is -0.210. The molecule has 0 radical (unpaired) electrons. The van der Waals surface area contributed by atoms with E-state index < -0.39 is 0 Å². The van der Waals surface area contributed by atoms with E-state index in [1.54, 1.807) is 30.5 Å². The molecule has 0 spiro atoms. The Bertz CT molecular complexity index is 1040. The lowest BCUT2D eigenvalue weighted by Gasteiger charge is -2.28. The van der Waals surface area contributed by atoms with Crippen molar-refractivity contribution in [3.63, 3.8) is 0 Å². The second-order valence-corrected chi connectivity index (χ2v) is 7.44. The maximum atomic E-state index is 12.7. The van der Waals surface area contributed by atoms with E-state index in [4.69, 9.17) is 11.6 Å². The lowest BCUT2D eigenvalue weighted by Crippen LogP contribution is -2.43. The van der Waals surface area contributed by atoms with Crippen molar-refractivity contribution < 1.29 is 9.59 Å². The Kier molecular flexibility index (Phi) is 5.27. The Balaban J connectivity index is 1.48. The van der Waals surface area contributed by atoms with Crippen molar-refractivity contribution in [3.05, 3.63) is 65.8 Å². The molecule has 1 aromatic heterocycles. The van der Waals surface area contributed by atoms with Gasteiger partial charge in [0.2, 0.25) is 11.8 Å². The third-order valence-electron chi connectivity index (χ3n) is 4.17. The summed E-state index contributed by atoms with van der Waals surface area (Å²) >= 11 is 7.17. The van der Waals surface area contributed by atoms with Crippen molar-refractivity contribution in [3.8, 4) is 11.3 Å². The van der Waals surface area contributed by atoms with Gasteiger partial charge in [-0.2, -0.15) is 0 Å². The Hall–Kier alpha value is -2.90. The molecule has 2 amide bonds. The number of fused-ring (bicyclic) bond motifs is 1. The van der Waals surface area contributed by atoms with Crippen LogP contribution in [0.25, 0.3) is 11.3 Å². The van der Waals surface area contributed by atoms with Gasteiger partial charge in [0.15, 0.2) is 5.16 Å². The average molecular weight is 411 g/mol. The number of hydrogen-bond donors (Lipinski definition) is 1. The number of aromatic nitrogens is 2. The lowest BCUT2D eigenvalue weighted by molar-refractivity contribution is -0.120. The zero-order valence-corrected chi connectivity index (χ0v) is 16.2. The molecule has 0 aliphatic carbocycles. The molecule has 0 bridgehead atoms. The van der Waals surface area contributed by atoms with E-state index in [-0.39, 0.29) is 24.1 Å². The highest BCUT2D eigenvalue weighted by Gasteiger charge is 2.26. The van der Waals surface area contributed by atoms with Gasteiger partial charge in [-0.05, 0) is 30.3 Å². The fraction of sp³-hybridized carbons (Fsp3) is 0.100.